The second-order valence-electron chi connectivity index (χ2n) is 5.09. The highest BCUT2D eigenvalue weighted by molar-refractivity contribution is 5.79. The molecule has 1 rings (SSSR count). The fourth-order valence-electron chi connectivity index (χ4n) is 2.98. The molecular formula is C14H30N4. The minimum Gasteiger partial charge on any atom is -0.359 e. The first-order valence-corrected chi connectivity index (χ1v) is 7.39. The third-order valence-corrected chi connectivity index (χ3v) is 4.14. The van der Waals surface area contributed by atoms with E-state index in [1.807, 2.05) is 14.1 Å². The maximum absolute atomic E-state index is 4.19. The van der Waals surface area contributed by atoms with Crippen LogP contribution in [0.1, 0.15) is 39.5 Å². The van der Waals surface area contributed by atoms with Crippen molar-refractivity contribution in [2.75, 3.05) is 33.7 Å². The molecule has 1 aliphatic rings. The van der Waals surface area contributed by atoms with E-state index < -0.39 is 0 Å². The quantitative estimate of drug-likeness (QED) is 0.560. The average Bonchev–Trinajstić information content (AvgIpc) is 2.92. The second kappa shape index (κ2) is 8.35. The highest BCUT2D eigenvalue weighted by Gasteiger charge is 2.27. The van der Waals surface area contributed by atoms with Gasteiger partial charge >= 0.3 is 0 Å². The van der Waals surface area contributed by atoms with E-state index in [1.165, 1.54) is 38.8 Å². The molecule has 1 unspecified atom stereocenters. The number of hydrogen-bond donors (Lipinski definition) is 2. The van der Waals surface area contributed by atoms with E-state index in [1.54, 1.807) is 0 Å². The number of likely N-dealkylation sites (tertiary alicyclic amines) is 1. The summed E-state index contributed by atoms with van der Waals surface area (Å²) >= 11 is 0. The van der Waals surface area contributed by atoms with Crippen molar-refractivity contribution in [3.63, 3.8) is 0 Å². The molecule has 0 bridgehead atoms. The van der Waals surface area contributed by atoms with Gasteiger partial charge in [-0.3, -0.25) is 9.89 Å². The van der Waals surface area contributed by atoms with Crippen molar-refractivity contribution in [1.82, 2.24) is 15.5 Å². The van der Waals surface area contributed by atoms with Gasteiger partial charge in [-0.15, -0.1) is 0 Å². The number of hydrogen-bond acceptors (Lipinski definition) is 2. The van der Waals surface area contributed by atoms with Gasteiger partial charge in [0, 0.05) is 26.7 Å². The van der Waals surface area contributed by atoms with Crippen LogP contribution >= 0.6 is 0 Å². The van der Waals surface area contributed by atoms with Crippen molar-refractivity contribution < 1.29 is 0 Å². The molecule has 4 heteroatoms. The van der Waals surface area contributed by atoms with Crippen molar-refractivity contribution >= 4 is 5.96 Å². The molecular weight excluding hydrogens is 224 g/mol. The van der Waals surface area contributed by atoms with Gasteiger partial charge in [-0.1, -0.05) is 26.7 Å². The van der Waals surface area contributed by atoms with E-state index in [0.717, 1.165) is 18.4 Å². The zero-order valence-electron chi connectivity index (χ0n) is 12.5. The number of guanidine groups is 1. The van der Waals surface area contributed by atoms with E-state index in [4.69, 9.17) is 0 Å². The van der Waals surface area contributed by atoms with Crippen LogP contribution in [0.25, 0.3) is 0 Å². The van der Waals surface area contributed by atoms with Crippen LogP contribution in [0, 0.1) is 5.92 Å². The van der Waals surface area contributed by atoms with E-state index in [9.17, 15) is 0 Å². The van der Waals surface area contributed by atoms with E-state index >= 15 is 0 Å². The summed E-state index contributed by atoms with van der Waals surface area (Å²) in [6.45, 7) is 8.15. The molecule has 1 aliphatic heterocycles. The molecule has 18 heavy (non-hydrogen) atoms. The highest BCUT2D eigenvalue weighted by Crippen LogP contribution is 2.22. The average molecular weight is 254 g/mol. The molecule has 1 fully saturated rings. The van der Waals surface area contributed by atoms with Crippen LogP contribution in [0.4, 0.5) is 0 Å². The molecule has 0 radical (unpaired) electrons. The normalized spacial score (nSPS) is 19.3. The number of nitrogens with zero attached hydrogens (tertiary/aromatic N) is 2. The molecule has 1 atom stereocenters. The Morgan fingerprint density at radius 1 is 1.22 bits per heavy atom. The van der Waals surface area contributed by atoms with Crippen molar-refractivity contribution in [2.24, 2.45) is 10.9 Å². The van der Waals surface area contributed by atoms with Gasteiger partial charge in [0.2, 0.25) is 0 Å². The van der Waals surface area contributed by atoms with Crippen LogP contribution in [0.2, 0.25) is 0 Å². The molecule has 106 valence electrons. The zero-order valence-corrected chi connectivity index (χ0v) is 12.5. The van der Waals surface area contributed by atoms with E-state index in [0.29, 0.717) is 6.04 Å². The molecule has 0 spiro atoms. The summed E-state index contributed by atoms with van der Waals surface area (Å²) in [6, 6.07) is 0.646. The van der Waals surface area contributed by atoms with Gasteiger partial charge < -0.3 is 10.6 Å². The molecule has 0 aromatic rings. The fraction of sp³-hybridized carbons (Fsp3) is 0.929. The van der Waals surface area contributed by atoms with Crippen LogP contribution in [-0.2, 0) is 0 Å². The van der Waals surface area contributed by atoms with Gasteiger partial charge in [0.25, 0.3) is 0 Å². The SMILES string of the molecule is CCC(CC)C(CNC(=NC)NC)N1CCCC1. The maximum Gasteiger partial charge on any atom is 0.190 e. The van der Waals surface area contributed by atoms with Gasteiger partial charge in [-0.25, -0.2) is 0 Å². The number of aliphatic imine (C=N–C) groups is 1. The Kier molecular flexibility index (Phi) is 7.09. The first-order chi connectivity index (χ1) is 8.76. The van der Waals surface area contributed by atoms with Crippen LogP contribution in [0.15, 0.2) is 4.99 Å². The Morgan fingerprint density at radius 3 is 2.28 bits per heavy atom. The van der Waals surface area contributed by atoms with Crippen LogP contribution in [-0.4, -0.2) is 50.6 Å². The molecule has 0 saturated carbocycles. The lowest BCUT2D eigenvalue weighted by Crippen LogP contribution is -2.48. The van der Waals surface area contributed by atoms with Gasteiger partial charge in [0.05, 0.1) is 0 Å². The molecule has 1 heterocycles. The van der Waals surface area contributed by atoms with Gasteiger partial charge in [-0.05, 0) is 31.8 Å². The standard InChI is InChI=1S/C14H30N4/c1-5-12(6-2)13(18-9-7-8-10-18)11-17-14(15-3)16-4/h12-13H,5-11H2,1-4H3,(H2,15,16,17). The summed E-state index contributed by atoms with van der Waals surface area (Å²) in [5.74, 6) is 1.68. The molecule has 2 N–H and O–H groups in total. The third-order valence-electron chi connectivity index (χ3n) is 4.14. The van der Waals surface area contributed by atoms with Crippen molar-refractivity contribution in [3.8, 4) is 0 Å². The summed E-state index contributed by atoms with van der Waals surface area (Å²) in [5.41, 5.74) is 0. The molecule has 1 saturated heterocycles. The van der Waals surface area contributed by atoms with Gasteiger partial charge in [0.1, 0.15) is 0 Å². The lowest BCUT2D eigenvalue weighted by Gasteiger charge is -2.34. The van der Waals surface area contributed by atoms with Gasteiger partial charge in [-0.2, -0.15) is 0 Å². The largest absolute Gasteiger partial charge is 0.359 e. The first kappa shape index (κ1) is 15.3. The minimum absolute atomic E-state index is 0.646. The monoisotopic (exact) mass is 254 g/mol. The lowest BCUT2D eigenvalue weighted by molar-refractivity contribution is 0.167. The summed E-state index contributed by atoms with van der Waals surface area (Å²) < 4.78 is 0. The summed E-state index contributed by atoms with van der Waals surface area (Å²) in [6.07, 6.45) is 5.24. The molecule has 0 aromatic heterocycles. The van der Waals surface area contributed by atoms with Crippen molar-refractivity contribution in [2.45, 2.75) is 45.6 Å². The predicted molar refractivity (Wildman–Crippen MR) is 79.1 cm³/mol. The van der Waals surface area contributed by atoms with Crippen molar-refractivity contribution in [1.29, 1.82) is 0 Å². The van der Waals surface area contributed by atoms with E-state index in [2.05, 4.69) is 34.4 Å². The second-order valence-corrected chi connectivity index (χ2v) is 5.09. The Balaban J connectivity index is 2.58. The molecule has 0 aliphatic carbocycles. The van der Waals surface area contributed by atoms with Gasteiger partial charge in [0.15, 0.2) is 5.96 Å². The Bertz CT molecular complexity index is 240. The predicted octanol–water partition coefficient (Wildman–Crippen LogP) is 1.68. The Hall–Kier alpha value is -0.770. The van der Waals surface area contributed by atoms with Crippen LogP contribution in [0.3, 0.4) is 0 Å². The fourth-order valence-corrected chi connectivity index (χ4v) is 2.98. The first-order valence-electron chi connectivity index (χ1n) is 7.39. The molecule has 0 aromatic carbocycles. The summed E-state index contributed by atoms with van der Waals surface area (Å²) in [5, 5.41) is 6.54. The maximum atomic E-state index is 4.19. The van der Waals surface area contributed by atoms with Crippen molar-refractivity contribution in [3.05, 3.63) is 0 Å². The van der Waals surface area contributed by atoms with Crippen LogP contribution in [0.5, 0.6) is 0 Å². The third kappa shape index (κ3) is 4.16. The molecule has 4 nitrogen and oxygen atoms in total. The number of rotatable bonds is 6. The lowest BCUT2D eigenvalue weighted by atomic mass is 9.93. The van der Waals surface area contributed by atoms with Crippen LogP contribution < -0.4 is 10.6 Å². The minimum atomic E-state index is 0.646. The smallest absolute Gasteiger partial charge is 0.190 e. The zero-order chi connectivity index (χ0) is 13.4. The Morgan fingerprint density at radius 2 is 1.83 bits per heavy atom. The van der Waals surface area contributed by atoms with E-state index in [-0.39, 0.29) is 0 Å². The number of nitrogens with one attached hydrogen (secondary N) is 2. The summed E-state index contributed by atoms with van der Waals surface area (Å²) in [4.78, 5) is 6.85. The molecule has 0 amide bonds. The topological polar surface area (TPSA) is 39.7 Å². The Labute approximate surface area is 112 Å². The highest BCUT2D eigenvalue weighted by atomic mass is 15.2. The summed E-state index contributed by atoms with van der Waals surface area (Å²) in [7, 11) is 3.73.